The maximum atomic E-state index is 10.8. The van der Waals surface area contributed by atoms with Gasteiger partial charge in [-0.2, -0.15) is 0 Å². The minimum Gasteiger partial charge on any atom is -0.480 e. The molecule has 3 N–H and O–H groups in total. The van der Waals surface area contributed by atoms with Gasteiger partial charge in [-0.3, -0.25) is 4.79 Å². The fourth-order valence-electron chi connectivity index (χ4n) is 1.83. The summed E-state index contributed by atoms with van der Waals surface area (Å²) < 4.78 is 0. The number of carbonyl (C=O) groups is 1. The Kier molecular flexibility index (Phi) is 7.39. The monoisotopic (exact) mass is 244 g/mol. The van der Waals surface area contributed by atoms with Crippen LogP contribution in [-0.2, 0) is 4.79 Å². The molecule has 0 heterocycles. The quantitative estimate of drug-likeness (QED) is 0.609. The minimum absolute atomic E-state index is 0.542. The molecule has 0 aromatic heterocycles. The van der Waals surface area contributed by atoms with E-state index in [2.05, 4.69) is 25.7 Å². The lowest BCUT2D eigenvalue weighted by molar-refractivity contribution is -0.142. The van der Waals surface area contributed by atoms with Crippen LogP contribution >= 0.6 is 0 Å². The summed E-state index contributed by atoms with van der Waals surface area (Å²) in [7, 11) is 0. The SMILES string of the molecule is CCCN(CCCCC(C)(N)C(=O)O)C(C)C. The Morgan fingerprint density at radius 1 is 1.35 bits per heavy atom. The van der Waals surface area contributed by atoms with Crippen LogP contribution in [0.1, 0.15) is 53.4 Å². The van der Waals surface area contributed by atoms with Crippen molar-refractivity contribution in [3.05, 3.63) is 0 Å². The van der Waals surface area contributed by atoms with Gasteiger partial charge in [0.2, 0.25) is 0 Å². The van der Waals surface area contributed by atoms with Crippen molar-refractivity contribution in [2.75, 3.05) is 13.1 Å². The fourth-order valence-corrected chi connectivity index (χ4v) is 1.83. The van der Waals surface area contributed by atoms with Crippen LogP contribution in [0.5, 0.6) is 0 Å². The zero-order valence-electron chi connectivity index (χ0n) is 11.7. The Balaban J connectivity index is 3.86. The molecule has 4 heteroatoms. The largest absolute Gasteiger partial charge is 0.480 e. The summed E-state index contributed by atoms with van der Waals surface area (Å²) in [6.45, 7) is 10.3. The standard InChI is InChI=1S/C13H28N2O2/c1-5-9-15(11(2)3)10-7-6-8-13(4,14)12(16)17/h11H,5-10,14H2,1-4H3,(H,16,17). The molecule has 0 rings (SSSR count). The van der Waals surface area contributed by atoms with Crippen LogP contribution in [0, 0.1) is 0 Å². The Bertz CT molecular complexity index is 227. The van der Waals surface area contributed by atoms with Gasteiger partial charge >= 0.3 is 5.97 Å². The number of unbranched alkanes of at least 4 members (excludes halogenated alkanes) is 1. The molecule has 0 saturated heterocycles. The van der Waals surface area contributed by atoms with Crippen molar-refractivity contribution in [1.29, 1.82) is 0 Å². The van der Waals surface area contributed by atoms with Crippen molar-refractivity contribution in [2.45, 2.75) is 65.0 Å². The van der Waals surface area contributed by atoms with Crippen LogP contribution < -0.4 is 5.73 Å². The topological polar surface area (TPSA) is 66.6 Å². The number of carboxylic acids is 1. The van der Waals surface area contributed by atoms with Crippen molar-refractivity contribution in [1.82, 2.24) is 4.90 Å². The molecule has 4 nitrogen and oxygen atoms in total. The van der Waals surface area contributed by atoms with Crippen LogP contribution in [-0.4, -0.2) is 40.6 Å². The van der Waals surface area contributed by atoms with Crippen molar-refractivity contribution in [3.8, 4) is 0 Å². The molecule has 17 heavy (non-hydrogen) atoms. The lowest BCUT2D eigenvalue weighted by Crippen LogP contribution is -2.44. The second kappa shape index (κ2) is 7.67. The first kappa shape index (κ1) is 16.4. The Hall–Kier alpha value is -0.610. The van der Waals surface area contributed by atoms with Crippen LogP contribution in [0.4, 0.5) is 0 Å². The minimum atomic E-state index is -1.08. The number of aliphatic carboxylic acids is 1. The Morgan fingerprint density at radius 3 is 2.35 bits per heavy atom. The van der Waals surface area contributed by atoms with Crippen LogP contribution in [0.2, 0.25) is 0 Å². The Morgan fingerprint density at radius 2 is 1.94 bits per heavy atom. The number of nitrogens with two attached hydrogens (primary N) is 1. The zero-order valence-corrected chi connectivity index (χ0v) is 11.7. The summed E-state index contributed by atoms with van der Waals surface area (Å²) in [6, 6.07) is 0.554. The van der Waals surface area contributed by atoms with Gasteiger partial charge < -0.3 is 15.7 Å². The van der Waals surface area contributed by atoms with E-state index in [-0.39, 0.29) is 0 Å². The van der Waals surface area contributed by atoms with E-state index in [1.807, 2.05) is 0 Å². The maximum absolute atomic E-state index is 10.8. The van der Waals surface area contributed by atoms with E-state index in [4.69, 9.17) is 10.8 Å². The predicted molar refractivity (Wildman–Crippen MR) is 71.1 cm³/mol. The van der Waals surface area contributed by atoms with Gasteiger partial charge in [-0.15, -0.1) is 0 Å². The number of carboxylic acid groups (broad SMARTS) is 1. The van der Waals surface area contributed by atoms with Crippen LogP contribution in [0.25, 0.3) is 0 Å². The van der Waals surface area contributed by atoms with Gasteiger partial charge in [-0.25, -0.2) is 0 Å². The average Bonchev–Trinajstić information content (AvgIpc) is 2.22. The highest BCUT2D eigenvalue weighted by molar-refractivity contribution is 5.77. The summed E-state index contributed by atoms with van der Waals surface area (Å²) in [5, 5.41) is 8.89. The first-order valence-electron chi connectivity index (χ1n) is 6.57. The highest BCUT2D eigenvalue weighted by Gasteiger charge is 2.26. The molecule has 0 amide bonds. The van der Waals surface area contributed by atoms with Gasteiger partial charge in [0.25, 0.3) is 0 Å². The zero-order chi connectivity index (χ0) is 13.5. The lowest BCUT2D eigenvalue weighted by Gasteiger charge is -2.26. The second-order valence-corrected chi connectivity index (χ2v) is 5.31. The summed E-state index contributed by atoms with van der Waals surface area (Å²) in [6.07, 6.45) is 3.58. The van der Waals surface area contributed by atoms with Gasteiger partial charge in [-0.1, -0.05) is 6.92 Å². The second-order valence-electron chi connectivity index (χ2n) is 5.31. The van der Waals surface area contributed by atoms with E-state index in [1.54, 1.807) is 6.92 Å². The van der Waals surface area contributed by atoms with Crippen molar-refractivity contribution in [2.24, 2.45) is 5.73 Å². The van der Waals surface area contributed by atoms with E-state index in [0.717, 1.165) is 32.4 Å². The molecular weight excluding hydrogens is 216 g/mol. The Labute approximate surface area is 105 Å². The predicted octanol–water partition coefficient (Wildman–Crippen LogP) is 2.08. The first-order chi connectivity index (χ1) is 7.81. The third kappa shape index (κ3) is 6.64. The highest BCUT2D eigenvalue weighted by Crippen LogP contribution is 2.12. The van der Waals surface area contributed by atoms with E-state index < -0.39 is 11.5 Å². The number of hydrogen-bond donors (Lipinski definition) is 2. The van der Waals surface area contributed by atoms with Gasteiger partial charge in [0.1, 0.15) is 5.54 Å². The molecular formula is C13H28N2O2. The smallest absolute Gasteiger partial charge is 0.323 e. The lowest BCUT2D eigenvalue weighted by atomic mass is 9.96. The van der Waals surface area contributed by atoms with Gasteiger partial charge in [0, 0.05) is 6.04 Å². The molecule has 102 valence electrons. The summed E-state index contributed by atoms with van der Waals surface area (Å²) in [5.74, 6) is -0.910. The maximum Gasteiger partial charge on any atom is 0.323 e. The summed E-state index contributed by atoms with van der Waals surface area (Å²) >= 11 is 0. The normalized spacial score (nSPS) is 15.2. The molecule has 0 aromatic carbocycles. The third-order valence-electron chi connectivity index (χ3n) is 3.12. The molecule has 0 spiro atoms. The first-order valence-corrected chi connectivity index (χ1v) is 6.57. The molecule has 0 aliphatic heterocycles. The third-order valence-corrected chi connectivity index (χ3v) is 3.12. The van der Waals surface area contributed by atoms with E-state index in [0.29, 0.717) is 12.5 Å². The van der Waals surface area contributed by atoms with Crippen LogP contribution in [0.15, 0.2) is 0 Å². The average molecular weight is 244 g/mol. The van der Waals surface area contributed by atoms with Gasteiger partial charge in [-0.05, 0) is 59.5 Å². The van der Waals surface area contributed by atoms with Crippen LogP contribution in [0.3, 0.4) is 0 Å². The molecule has 0 aliphatic rings. The number of rotatable bonds is 9. The molecule has 1 unspecified atom stereocenters. The van der Waals surface area contributed by atoms with E-state index in [9.17, 15) is 4.79 Å². The highest BCUT2D eigenvalue weighted by atomic mass is 16.4. The summed E-state index contributed by atoms with van der Waals surface area (Å²) in [4.78, 5) is 13.2. The fraction of sp³-hybridized carbons (Fsp3) is 0.923. The number of hydrogen-bond acceptors (Lipinski definition) is 3. The molecule has 0 bridgehead atoms. The van der Waals surface area contributed by atoms with E-state index in [1.165, 1.54) is 0 Å². The van der Waals surface area contributed by atoms with Crippen molar-refractivity contribution in [3.63, 3.8) is 0 Å². The molecule has 0 saturated carbocycles. The van der Waals surface area contributed by atoms with E-state index >= 15 is 0 Å². The molecule has 0 aliphatic carbocycles. The van der Waals surface area contributed by atoms with Gasteiger partial charge in [0.15, 0.2) is 0 Å². The van der Waals surface area contributed by atoms with Gasteiger partial charge in [0.05, 0.1) is 0 Å². The summed E-state index contributed by atoms with van der Waals surface area (Å²) in [5.41, 5.74) is 4.61. The molecule has 0 radical (unpaired) electrons. The molecule has 0 aromatic rings. The van der Waals surface area contributed by atoms with Crippen molar-refractivity contribution >= 4 is 5.97 Å². The molecule has 0 fully saturated rings. The van der Waals surface area contributed by atoms with Crippen molar-refractivity contribution < 1.29 is 9.90 Å². The number of nitrogens with zero attached hydrogens (tertiary/aromatic N) is 1. The molecule has 1 atom stereocenters.